The molecule has 3 nitrogen and oxygen atoms in total. The smallest absolute Gasteiger partial charge is 0.218 e. The van der Waals surface area contributed by atoms with E-state index in [1.165, 1.54) is 0 Å². The fourth-order valence-corrected chi connectivity index (χ4v) is 1.33. The van der Waals surface area contributed by atoms with E-state index in [0.29, 0.717) is 0 Å². The predicted octanol–water partition coefficient (Wildman–Crippen LogP) is 2.15. The highest BCUT2D eigenvalue weighted by Gasteiger charge is 1.98. The van der Waals surface area contributed by atoms with Crippen molar-refractivity contribution in [2.45, 2.75) is 0 Å². The molecular weight excluding hydrogens is 229 g/mol. The Kier molecular flexibility index (Phi) is 1.58. The van der Waals surface area contributed by atoms with Crippen molar-refractivity contribution in [2.75, 3.05) is 0 Å². The molecule has 0 unspecified atom stereocenters. The van der Waals surface area contributed by atoms with E-state index < -0.39 is 0 Å². The monoisotopic (exact) mass is 231 g/mol. The quantitative estimate of drug-likeness (QED) is 0.697. The lowest BCUT2D eigenvalue weighted by Crippen LogP contribution is -1.84. The van der Waals surface area contributed by atoms with Gasteiger partial charge in [-0.25, -0.2) is 4.52 Å². The van der Waals surface area contributed by atoms with Gasteiger partial charge in [-0.1, -0.05) is 0 Å². The Morgan fingerprint density at radius 3 is 3.09 bits per heavy atom. The molecular formula is C6H3BrClN3. The van der Waals surface area contributed by atoms with Crippen LogP contribution in [0.4, 0.5) is 0 Å². The molecule has 0 aromatic carbocycles. The Balaban J connectivity index is 2.82. The van der Waals surface area contributed by atoms with Crippen LogP contribution in [-0.2, 0) is 0 Å². The molecule has 0 fully saturated rings. The molecule has 0 aliphatic rings. The van der Waals surface area contributed by atoms with Gasteiger partial charge in [0.25, 0.3) is 0 Å². The van der Waals surface area contributed by atoms with Crippen molar-refractivity contribution in [3.05, 3.63) is 28.1 Å². The van der Waals surface area contributed by atoms with Gasteiger partial charge >= 0.3 is 0 Å². The standard InChI is InChI=1S/C6H3BrClN3/c7-4-1-2-5-9-6(8)10-11(5)3-4/h1-3H. The second-order valence-corrected chi connectivity index (χ2v) is 3.28. The molecule has 0 saturated heterocycles. The SMILES string of the molecule is Clc1nc2ccc(Br)cn2n1. The van der Waals surface area contributed by atoms with Crippen LogP contribution in [0, 0.1) is 0 Å². The van der Waals surface area contributed by atoms with Crippen molar-refractivity contribution >= 4 is 33.2 Å². The molecule has 0 saturated carbocycles. The molecule has 56 valence electrons. The first-order valence-corrected chi connectivity index (χ1v) is 4.10. The number of fused-ring (bicyclic) bond motifs is 1. The number of nitrogens with zero attached hydrogens (tertiary/aromatic N) is 3. The molecule has 0 amide bonds. The van der Waals surface area contributed by atoms with Crippen LogP contribution >= 0.6 is 27.5 Å². The first kappa shape index (κ1) is 7.06. The highest BCUT2D eigenvalue weighted by molar-refractivity contribution is 9.10. The zero-order chi connectivity index (χ0) is 7.84. The largest absolute Gasteiger partial charge is 0.243 e. The average Bonchev–Trinajstić information content (AvgIpc) is 2.27. The van der Waals surface area contributed by atoms with E-state index >= 15 is 0 Å². The molecule has 0 spiro atoms. The topological polar surface area (TPSA) is 30.2 Å². The number of hydrogen-bond acceptors (Lipinski definition) is 2. The van der Waals surface area contributed by atoms with Crippen LogP contribution in [0.3, 0.4) is 0 Å². The minimum absolute atomic E-state index is 0.267. The van der Waals surface area contributed by atoms with Crippen molar-refractivity contribution in [3.63, 3.8) is 0 Å². The van der Waals surface area contributed by atoms with Crippen molar-refractivity contribution < 1.29 is 0 Å². The highest BCUT2D eigenvalue weighted by atomic mass is 79.9. The predicted molar refractivity (Wildman–Crippen MR) is 45.7 cm³/mol. The molecule has 2 heterocycles. The first-order chi connectivity index (χ1) is 5.25. The second-order valence-electron chi connectivity index (χ2n) is 2.03. The maximum Gasteiger partial charge on any atom is 0.243 e. The minimum Gasteiger partial charge on any atom is -0.218 e. The van der Waals surface area contributed by atoms with Crippen LogP contribution in [0.5, 0.6) is 0 Å². The van der Waals surface area contributed by atoms with Gasteiger partial charge < -0.3 is 0 Å². The molecule has 0 aliphatic carbocycles. The van der Waals surface area contributed by atoms with Crippen LogP contribution in [0.15, 0.2) is 22.8 Å². The van der Waals surface area contributed by atoms with Crippen LogP contribution in [-0.4, -0.2) is 14.6 Å². The van der Waals surface area contributed by atoms with E-state index in [2.05, 4.69) is 26.0 Å². The summed E-state index contributed by atoms with van der Waals surface area (Å²) < 4.78 is 2.57. The Labute approximate surface area is 76.1 Å². The van der Waals surface area contributed by atoms with E-state index in [1.807, 2.05) is 12.1 Å². The minimum atomic E-state index is 0.267. The molecule has 2 aromatic rings. The summed E-state index contributed by atoms with van der Waals surface area (Å²) in [5, 5.41) is 4.18. The Morgan fingerprint density at radius 2 is 2.27 bits per heavy atom. The zero-order valence-corrected chi connectivity index (χ0v) is 7.67. The average molecular weight is 232 g/mol. The second kappa shape index (κ2) is 2.46. The number of aromatic nitrogens is 3. The van der Waals surface area contributed by atoms with Gasteiger partial charge in [-0.3, -0.25) is 0 Å². The Bertz CT molecular complexity index is 398. The third-order valence-electron chi connectivity index (χ3n) is 1.27. The maximum atomic E-state index is 5.58. The number of halogens is 2. The van der Waals surface area contributed by atoms with Crippen LogP contribution in [0.25, 0.3) is 5.65 Å². The van der Waals surface area contributed by atoms with Gasteiger partial charge in [0, 0.05) is 10.7 Å². The van der Waals surface area contributed by atoms with Gasteiger partial charge in [-0.05, 0) is 39.7 Å². The number of rotatable bonds is 0. The normalized spacial score (nSPS) is 10.7. The fourth-order valence-electron chi connectivity index (χ4n) is 0.831. The molecule has 0 radical (unpaired) electrons. The molecule has 0 bridgehead atoms. The lowest BCUT2D eigenvalue weighted by Gasteiger charge is -1.89. The van der Waals surface area contributed by atoms with Crippen LogP contribution in [0.2, 0.25) is 5.28 Å². The van der Waals surface area contributed by atoms with Gasteiger partial charge in [-0.2, -0.15) is 4.98 Å². The highest BCUT2D eigenvalue weighted by Crippen LogP contribution is 2.11. The lowest BCUT2D eigenvalue weighted by molar-refractivity contribution is 0.957. The summed E-state index contributed by atoms with van der Waals surface area (Å²) in [6.45, 7) is 0. The third-order valence-corrected chi connectivity index (χ3v) is 1.90. The van der Waals surface area contributed by atoms with Gasteiger partial charge in [0.05, 0.1) is 0 Å². The van der Waals surface area contributed by atoms with Crippen LogP contribution in [0.1, 0.15) is 0 Å². The van der Waals surface area contributed by atoms with E-state index in [-0.39, 0.29) is 5.28 Å². The summed E-state index contributed by atoms with van der Waals surface area (Å²) in [7, 11) is 0. The van der Waals surface area contributed by atoms with Crippen molar-refractivity contribution in [3.8, 4) is 0 Å². The zero-order valence-electron chi connectivity index (χ0n) is 5.33. The summed E-state index contributed by atoms with van der Waals surface area (Å²) in [4.78, 5) is 3.95. The van der Waals surface area contributed by atoms with Gasteiger partial charge in [0.1, 0.15) is 0 Å². The molecule has 0 atom stereocenters. The summed E-state index contributed by atoms with van der Waals surface area (Å²) in [6.07, 6.45) is 1.80. The molecule has 0 aliphatic heterocycles. The summed E-state index contributed by atoms with van der Waals surface area (Å²) in [6, 6.07) is 3.73. The van der Waals surface area contributed by atoms with E-state index in [9.17, 15) is 0 Å². The van der Waals surface area contributed by atoms with Gasteiger partial charge in [0.15, 0.2) is 5.65 Å². The fraction of sp³-hybridized carbons (Fsp3) is 0. The molecule has 11 heavy (non-hydrogen) atoms. The van der Waals surface area contributed by atoms with E-state index in [0.717, 1.165) is 10.1 Å². The lowest BCUT2D eigenvalue weighted by atomic mass is 10.5. The van der Waals surface area contributed by atoms with E-state index in [4.69, 9.17) is 11.6 Å². The van der Waals surface area contributed by atoms with Crippen LogP contribution < -0.4 is 0 Å². The van der Waals surface area contributed by atoms with E-state index in [1.54, 1.807) is 10.7 Å². The molecule has 2 aromatic heterocycles. The molecule has 2 rings (SSSR count). The van der Waals surface area contributed by atoms with Gasteiger partial charge in [-0.15, -0.1) is 5.10 Å². The van der Waals surface area contributed by atoms with Gasteiger partial charge in [0.2, 0.25) is 5.28 Å². The first-order valence-electron chi connectivity index (χ1n) is 2.93. The Morgan fingerprint density at radius 1 is 1.45 bits per heavy atom. The van der Waals surface area contributed by atoms with Crippen molar-refractivity contribution in [1.29, 1.82) is 0 Å². The third kappa shape index (κ3) is 1.23. The van der Waals surface area contributed by atoms with Crippen molar-refractivity contribution in [1.82, 2.24) is 14.6 Å². The number of hydrogen-bond donors (Lipinski definition) is 0. The summed E-state index contributed by atoms with van der Waals surface area (Å²) in [5.41, 5.74) is 0.748. The summed E-state index contributed by atoms with van der Waals surface area (Å²) in [5.74, 6) is 0. The Hall–Kier alpha value is -0.610. The molecule has 0 N–H and O–H groups in total. The van der Waals surface area contributed by atoms with Crippen molar-refractivity contribution in [2.24, 2.45) is 0 Å². The maximum absolute atomic E-state index is 5.58. The summed E-state index contributed by atoms with van der Waals surface area (Å²) >= 11 is 8.89. The number of pyridine rings is 1. The molecule has 5 heteroatoms.